The maximum Gasteiger partial charge on any atom is 0.106 e. The third kappa shape index (κ3) is 3.03. The van der Waals surface area contributed by atoms with Crippen LogP contribution in [0.1, 0.15) is 19.0 Å². The molecule has 1 heterocycles. The summed E-state index contributed by atoms with van der Waals surface area (Å²) in [6.07, 6.45) is 4.87. The number of rotatable bonds is 4. The minimum atomic E-state index is 0.877. The van der Waals surface area contributed by atoms with E-state index in [1.165, 1.54) is 5.57 Å². The van der Waals surface area contributed by atoms with Gasteiger partial charge >= 0.3 is 0 Å². The minimum absolute atomic E-state index is 0.877. The maximum atomic E-state index is 4.42. The van der Waals surface area contributed by atoms with Gasteiger partial charge in [0.15, 0.2) is 0 Å². The molecule has 1 aromatic heterocycles. The Kier molecular flexibility index (Phi) is 4.09. The number of alkyl halides is 1. The molecule has 0 atom stereocenters. The van der Waals surface area contributed by atoms with E-state index in [4.69, 9.17) is 0 Å². The molecule has 3 nitrogen and oxygen atoms in total. The van der Waals surface area contributed by atoms with Crippen LogP contribution < -0.4 is 0 Å². The third-order valence-corrected chi connectivity index (χ3v) is 3.19. The predicted octanol–water partition coefficient (Wildman–Crippen LogP) is 3.46. The van der Waals surface area contributed by atoms with Crippen molar-refractivity contribution in [2.75, 3.05) is 5.33 Å². The highest BCUT2D eigenvalue weighted by molar-refractivity contribution is 9.09. The zero-order valence-corrected chi connectivity index (χ0v) is 11.3. The topological polar surface area (TPSA) is 30.7 Å². The molecule has 0 radical (unpaired) electrons. The van der Waals surface area contributed by atoms with Gasteiger partial charge in [-0.2, -0.15) is 9.90 Å². The van der Waals surface area contributed by atoms with Crippen molar-refractivity contribution in [3.8, 4) is 5.69 Å². The van der Waals surface area contributed by atoms with Gasteiger partial charge in [0.05, 0.1) is 11.9 Å². The Hall–Kier alpha value is -1.42. The van der Waals surface area contributed by atoms with E-state index in [1.807, 2.05) is 30.3 Å². The fraction of sp³-hybridized carbons (Fsp3) is 0.231. The van der Waals surface area contributed by atoms with E-state index in [1.54, 1.807) is 11.0 Å². The van der Waals surface area contributed by atoms with Crippen LogP contribution in [0.2, 0.25) is 0 Å². The van der Waals surface area contributed by atoms with E-state index in [-0.39, 0.29) is 0 Å². The number of nitrogens with zero attached hydrogens (tertiary/aromatic N) is 3. The van der Waals surface area contributed by atoms with Crippen LogP contribution in [-0.2, 0) is 0 Å². The van der Waals surface area contributed by atoms with Gasteiger partial charge in [0.2, 0.25) is 0 Å². The van der Waals surface area contributed by atoms with Crippen molar-refractivity contribution >= 4 is 22.0 Å². The highest BCUT2D eigenvalue weighted by atomic mass is 79.9. The lowest BCUT2D eigenvalue weighted by atomic mass is 10.2. The molecule has 4 heteroatoms. The van der Waals surface area contributed by atoms with Gasteiger partial charge in [-0.25, -0.2) is 0 Å². The van der Waals surface area contributed by atoms with Gasteiger partial charge in [-0.1, -0.05) is 46.6 Å². The van der Waals surface area contributed by atoms with Crippen LogP contribution in [0.25, 0.3) is 11.8 Å². The first-order valence-corrected chi connectivity index (χ1v) is 6.69. The van der Waals surface area contributed by atoms with Crippen LogP contribution in [0.5, 0.6) is 0 Å². The number of para-hydroxylation sites is 1. The van der Waals surface area contributed by atoms with Crippen molar-refractivity contribution in [2.45, 2.75) is 13.3 Å². The quantitative estimate of drug-likeness (QED) is 0.808. The van der Waals surface area contributed by atoms with Crippen LogP contribution in [0.15, 0.2) is 42.1 Å². The van der Waals surface area contributed by atoms with Crippen molar-refractivity contribution < 1.29 is 0 Å². The van der Waals surface area contributed by atoms with Crippen LogP contribution >= 0.6 is 15.9 Å². The summed E-state index contributed by atoms with van der Waals surface area (Å²) in [6, 6.07) is 9.90. The molecule has 88 valence electrons. The van der Waals surface area contributed by atoms with Crippen LogP contribution in [0.4, 0.5) is 0 Å². The van der Waals surface area contributed by atoms with Gasteiger partial charge in [0.25, 0.3) is 0 Å². The fourth-order valence-corrected chi connectivity index (χ4v) is 2.03. The summed E-state index contributed by atoms with van der Waals surface area (Å²) in [7, 11) is 0. The lowest BCUT2D eigenvalue weighted by molar-refractivity contribution is 0.750. The Morgan fingerprint density at radius 1 is 1.35 bits per heavy atom. The Balaban J connectivity index is 2.25. The number of halogens is 1. The second kappa shape index (κ2) is 5.77. The molecule has 2 rings (SSSR count). The first kappa shape index (κ1) is 12.0. The molecular formula is C13H14BrN3. The van der Waals surface area contributed by atoms with Gasteiger partial charge in [-0.05, 0) is 24.6 Å². The SMILES string of the molecule is CCC(=Cc1cnn(-c2ccccc2)n1)CBr. The van der Waals surface area contributed by atoms with Gasteiger partial charge in [-0.15, -0.1) is 5.10 Å². The molecule has 0 aliphatic carbocycles. The lowest BCUT2D eigenvalue weighted by Crippen LogP contribution is -1.97. The molecule has 0 N–H and O–H groups in total. The smallest absolute Gasteiger partial charge is 0.106 e. The van der Waals surface area contributed by atoms with Crippen molar-refractivity contribution in [3.63, 3.8) is 0 Å². The molecule has 0 aliphatic rings. The summed E-state index contributed by atoms with van der Waals surface area (Å²) in [5, 5.41) is 9.55. The molecule has 0 saturated heterocycles. The van der Waals surface area contributed by atoms with E-state index < -0.39 is 0 Å². The number of aromatic nitrogens is 3. The van der Waals surface area contributed by atoms with Gasteiger partial charge < -0.3 is 0 Å². The monoisotopic (exact) mass is 291 g/mol. The van der Waals surface area contributed by atoms with E-state index >= 15 is 0 Å². The molecule has 0 bridgehead atoms. The zero-order valence-electron chi connectivity index (χ0n) is 9.68. The van der Waals surface area contributed by atoms with Crippen LogP contribution in [-0.4, -0.2) is 20.3 Å². The van der Waals surface area contributed by atoms with Crippen molar-refractivity contribution in [3.05, 3.63) is 47.8 Å². The average Bonchev–Trinajstić information content (AvgIpc) is 2.85. The molecule has 0 saturated carbocycles. The van der Waals surface area contributed by atoms with Crippen LogP contribution in [0.3, 0.4) is 0 Å². The van der Waals surface area contributed by atoms with E-state index in [9.17, 15) is 0 Å². The Morgan fingerprint density at radius 3 is 2.76 bits per heavy atom. The summed E-state index contributed by atoms with van der Waals surface area (Å²) in [6.45, 7) is 2.13. The van der Waals surface area contributed by atoms with Crippen molar-refractivity contribution in [2.24, 2.45) is 0 Å². The molecule has 17 heavy (non-hydrogen) atoms. The first-order valence-electron chi connectivity index (χ1n) is 5.56. The summed E-state index contributed by atoms with van der Waals surface area (Å²) in [4.78, 5) is 1.65. The summed E-state index contributed by atoms with van der Waals surface area (Å²) < 4.78 is 0. The summed E-state index contributed by atoms with van der Waals surface area (Å²) in [5.74, 6) is 0. The molecule has 1 aromatic carbocycles. The number of allylic oxidation sites excluding steroid dienone is 1. The van der Waals surface area contributed by atoms with Gasteiger partial charge in [-0.3, -0.25) is 0 Å². The molecule has 2 aromatic rings. The lowest BCUT2D eigenvalue weighted by Gasteiger charge is -1.97. The second-order valence-electron chi connectivity index (χ2n) is 3.68. The predicted molar refractivity (Wildman–Crippen MR) is 73.4 cm³/mol. The highest BCUT2D eigenvalue weighted by Gasteiger charge is 2.01. The molecule has 0 amide bonds. The van der Waals surface area contributed by atoms with E-state index in [2.05, 4.69) is 39.1 Å². The minimum Gasteiger partial charge on any atom is -0.156 e. The van der Waals surface area contributed by atoms with E-state index in [0.29, 0.717) is 0 Å². The van der Waals surface area contributed by atoms with Crippen molar-refractivity contribution in [1.29, 1.82) is 0 Å². The number of hydrogen-bond acceptors (Lipinski definition) is 2. The summed E-state index contributed by atoms with van der Waals surface area (Å²) >= 11 is 3.46. The number of benzene rings is 1. The third-order valence-electron chi connectivity index (χ3n) is 2.47. The Labute approximate surface area is 109 Å². The second-order valence-corrected chi connectivity index (χ2v) is 4.24. The van der Waals surface area contributed by atoms with Crippen LogP contribution in [0, 0.1) is 0 Å². The van der Waals surface area contributed by atoms with Crippen molar-refractivity contribution in [1.82, 2.24) is 15.0 Å². The Bertz CT molecular complexity index is 496. The van der Waals surface area contributed by atoms with Gasteiger partial charge in [0.1, 0.15) is 5.69 Å². The standard InChI is InChI=1S/C13H14BrN3/c1-2-11(9-14)8-12-10-15-17(16-12)13-6-4-3-5-7-13/h3-8,10H,2,9H2,1H3. The molecule has 0 spiro atoms. The largest absolute Gasteiger partial charge is 0.156 e. The molecule has 0 fully saturated rings. The maximum absolute atomic E-state index is 4.42. The van der Waals surface area contributed by atoms with Gasteiger partial charge in [0, 0.05) is 5.33 Å². The average molecular weight is 292 g/mol. The molecule has 0 aliphatic heterocycles. The zero-order chi connectivity index (χ0) is 12.1. The fourth-order valence-electron chi connectivity index (χ4n) is 1.47. The molecular weight excluding hydrogens is 278 g/mol. The molecule has 0 unspecified atom stereocenters. The first-order chi connectivity index (χ1) is 8.33. The Morgan fingerprint density at radius 2 is 2.12 bits per heavy atom. The number of hydrogen-bond donors (Lipinski definition) is 0. The summed E-state index contributed by atoms with van der Waals surface area (Å²) in [5.41, 5.74) is 3.18. The van der Waals surface area contributed by atoms with E-state index in [0.717, 1.165) is 23.1 Å². The highest BCUT2D eigenvalue weighted by Crippen LogP contribution is 2.11. The normalized spacial score (nSPS) is 11.8.